The van der Waals surface area contributed by atoms with Crippen molar-refractivity contribution in [1.29, 1.82) is 0 Å². The molecule has 4 atom stereocenters. The van der Waals surface area contributed by atoms with Gasteiger partial charge in [-0.05, 0) is 12.8 Å². The number of hydrogen-bond donors (Lipinski definition) is 9. The zero-order valence-corrected chi connectivity index (χ0v) is 18.4. The van der Waals surface area contributed by atoms with E-state index >= 15 is 0 Å². The number of nitrogens with one attached hydrogen (secondary N) is 3. The van der Waals surface area contributed by atoms with Crippen molar-refractivity contribution in [2.75, 3.05) is 5.75 Å². The highest BCUT2D eigenvalue weighted by molar-refractivity contribution is 7.80. The Morgan fingerprint density at radius 2 is 1.12 bits per heavy atom. The molecule has 0 saturated heterocycles. The molecule has 0 rings (SSSR count). The minimum atomic E-state index is -1.82. The molecule has 16 heteroatoms. The van der Waals surface area contributed by atoms with Crippen LogP contribution < -0.4 is 33.2 Å². The highest BCUT2D eigenvalue weighted by atomic mass is 32.1. The van der Waals surface area contributed by atoms with Crippen LogP contribution in [-0.4, -0.2) is 81.6 Å². The molecule has 0 heterocycles. The van der Waals surface area contributed by atoms with Gasteiger partial charge in [-0.2, -0.15) is 12.6 Å². The maximum Gasteiger partial charge on any atom is 0.326 e. The molecule has 11 N–H and O–H groups in total. The lowest BCUT2D eigenvalue weighted by Gasteiger charge is -2.24. The van der Waals surface area contributed by atoms with E-state index in [1.165, 1.54) is 0 Å². The molecule has 0 radical (unpaired) electrons. The molecule has 0 aliphatic carbocycles. The molecule has 0 fully saturated rings. The highest BCUT2D eigenvalue weighted by Gasteiger charge is 2.31. The van der Waals surface area contributed by atoms with Gasteiger partial charge in [0.1, 0.15) is 18.1 Å². The maximum atomic E-state index is 12.7. The van der Waals surface area contributed by atoms with Gasteiger partial charge in [-0.25, -0.2) is 4.79 Å². The average Bonchev–Trinajstić information content (AvgIpc) is 2.71. The molecular weight excluding hydrogens is 464 g/mol. The van der Waals surface area contributed by atoms with E-state index < -0.39 is 78.5 Å². The summed E-state index contributed by atoms with van der Waals surface area (Å²) in [6.45, 7) is 0. The lowest BCUT2D eigenvalue weighted by molar-refractivity contribution is -0.147. The molecule has 4 unspecified atom stereocenters. The Balaban J connectivity index is 5.60. The molecule has 0 bridgehead atoms. The van der Waals surface area contributed by atoms with Crippen molar-refractivity contribution in [1.82, 2.24) is 16.0 Å². The number of amides is 5. The van der Waals surface area contributed by atoms with Crippen LogP contribution in [0.15, 0.2) is 0 Å². The van der Waals surface area contributed by atoms with Crippen LogP contribution in [0.5, 0.6) is 0 Å². The van der Waals surface area contributed by atoms with E-state index in [0.717, 1.165) is 0 Å². The molecule has 186 valence electrons. The average molecular weight is 493 g/mol. The van der Waals surface area contributed by atoms with E-state index in [1.807, 2.05) is 5.32 Å². The van der Waals surface area contributed by atoms with Gasteiger partial charge in [-0.3, -0.25) is 28.8 Å². The van der Waals surface area contributed by atoms with E-state index in [0.29, 0.717) is 0 Å². The Labute approximate surface area is 193 Å². The third-order valence-electron chi connectivity index (χ3n) is 4.15. The highest BCUT2D eigenvalue weighted by Crippen LogP contribution is 2.05. The first-order valence-electron chi connectivity index (χ1n) is 9.57. The van der Waals surface area contributed by atoms with Crippen LogP contribution in [0, 0.1) is 0 Å². The van der Waals surface area contributed by atoms with Crippen molar-refractivity contribution in [3.63, 3.8) is 0 Å². The van der Waals surface area contributed by atoms with Crippen LogP contribution in [0.25, 0.3) is 0 Å². The lowest BCUT2D eigenvalue weighted by Crippen LogP contribution is -2.57. The predicted octanol–water partition coefficient (Wildman–Crippen LogP) is -4.21. The number of aliphatic carboxylic acids is 2. The number of carbonyl (C=O) groups excluding carboxylic acids is 5. The van der Waals surface area contributed by atoms with Crippen LogP contribution >= 0.6 is 12.6 Å². The maximum absolute atomic E-state index is 12.7. The summed E-state index contributed by atoms with van der Waals surface area (Å²) in [5, 5.41) is 24.4. The number of carbonyl (C=O) groups is 7. The normalized spacial score (nSPS) is 14.1. The smallest absolute Gasteiger partial charge is 0.326 e. The Morgan fingerprint density at radius 3 is 1.45 bits per heavy atom. The topological polar surface area (TPSA) is 274 Å². The fraction of sp³-hybridized carbons (Fsp3) is 0.588. The summed E-state index contributed by atoms with van der Waals surface area (Å²) in [6, 6.07) is -5.79. The second kappa shape index (κ2) is 14.6. The SMILES string of the molecule is NC(=O)CCC(NC(=O)C(N)CS)C(=O)NC(CCC(N)=O)C(=O)NC(CC(=O)O)C(=O)O. The molecular formula is C17H28N6O9S. The van der Waals surface area contributed by atoms with Crippen molar-refractivity contribution in [3.8, 4) is 0 Å². The van der Waals surface area contributed by atoms with Crippen molar-refractivity contribution in [2.24, 2.45) is 17.2 Å². The summed E-state index contributed by atoms with van der Waals surface area (Å²) in [7, 11) is 0. The van der Waals surface area contributed by atoms with Crippen molar-refractivity contribution >= 4 is 54.1 Å². The van der Waals surface area contributed by atoms with Gasteiger partial charge in [0.25, 0.3) is 0 Å². The van der Waals surface area contributed by atoms with Crippen LogP contribution in [0.2, 0.25) is 0 Å². The minimum Gasteiger partial charge on any atom is -0.481 e. The standard InChI is InChI=1S/C17H28N6O9S/c18-7(6-33)14(28)21-8(1-3-11(19)24)15(29)22-9(2-4-12(20)25)16(30)23-10(17(31)32)5-13(26)27/h7-10,33H,1-6,18H2,(H2,19,24)(H2,20,25)(H,21,28)(H,22,29)(H,23,30)(H,26,27)(H,31,32). The first-order valence-corrected chi connectivity index (χ1v) is 10.2. The van der Waals surface area contributed by atoms with Crippen LogP contribution in [-0.2, 0) is 33.6 Å². The summed E-state index contributed by atoms with van der Waals surface area (Å²) in [4.78, 5) is 81.5. The number of carboxylic acids is 2. The summed E-state index contributed by atoms with van der Waals surface area (Å²) in [5.41, 5.74) is 15.7. The van der Waals surface area contributed by atoms with Gasteiger partial charge >= 0.3 is 11.9 Å². The van der Waals surface area contributed by atoms with Crippen LogP contribution in [0.4, 0.5) is 0 Å². The molecule has 5 amide bonds. The van der Waals surface area contributed by atoms with E-state index in [4.69, 9.17) is 27.4 Å². The third-order valence-corrected chi connectivity index (χ3v) is 4.54. The second-order valence-electron chi connectivity index (χ2n) is 6.92. The molecule has 0 aliphatic heterocycles. The van der Waals surface area contributed by atoms with Gasteiger partial charge in [-0.15, -0.1) is 0 Å². The number of rotatable bonds is 16. The van der Waals surface area contributed by atoms with E-state index in [1.54, 1.807) is 0 Å². The Kier molecular flexibility index (Phi) is 13.1. The summed E-state index contributed by atoms with van der Waals surface area (Å²) < 4.78 is 0. The van der Waals surface area contributed by atoms with Crippen molar-refractivity contribution in [2.45, 2.75) is 56.3 Å². The molecule has 0 aromatic rings. The van der Waals surface area contributed by atoms with Gasteiger partial charge in [0.05, 0.1) is 12.5 Å². The zero-order chi connectivity index (χ0) is 25.7. The summed E-state index contributed by atoms with van der Waals surface area (Å²) >= 11 is 3.87. The van der Waals surface area contributed by atoms with E-state index in [-0.39, 0.29) is 25.0 Å². The Morgan fingerprint density at radius 1 is 0.727 bits per heavy atom. The van der Waals surface area contributed by atoms with Crippen LogP contribution in [0.3, 0.4) is 0 Å². The van der Waals surface area contributed by atoms with Gasteiger partial charge in [0.2, 0.25) is 29.5 Å². The molecule has 33 heavy (non-hydrogen) atoms. The molecule has 0 aromatic carbocycles. The molecule has 0 aromatic heterocycles. The van der Waals surface area contributed by atoms with Gasteiger partial charge in [0.15, 0.2) is 0 Å². The van der Waals surface area contributed by atoms with Gasteiger partial charge < -0.3 is 43.4 Å². The fourth-order valence-electron chi connectivity index (χ4n) is 2.39. The number of carboxylic acid groups (broad SMARTS) is 2. The number of thiol groups is 1. The Bertz CT molecular complexity index is 778. The van der Waals surface area contributed by atoms with Crippen molar-refractivity contribution < 1.29 is 43.8 Å². The van der Waals surface area contributed by atoms with Crippen LogP contribution in [0.1, 0.15) is 32.1 Å². The fourth-order valence-corrected chi connectivity index (χ4v) is 2.56. The molecule has 0 aliphatic rings. The van der Waals surface area contributed by atoms with Gasteiger partial charge in [0, 0.05) is 18.6 Å². The lowest BCUT2D eigenvalue weighted by atomic mass is 10.1. The number of hydrogen-bond acceptors (Lipinski definition) is 9. The minimum absolute atomic E-state index is 0.0558. The quantitative estimate of drug-likeness (QED) is 0.0936. The third kappa shape index (κ3) is 12.3. The first kappa shape index (κ1) is 29.6. The number of primary amides is 2. The first-order chi connectivity index (χ1) is 15.3. The Hall–Kier alpha value is -3.40. The monoisotopic (exact) mass is 492 g/mol. The largest absolute Gasteiger partial charge is 0.481 e. The zero-order valence-electron chi connectivity index (χ0n) is 17.5. The second-order valence-corrected chi connectivity index (χ2v) is 7.28. The molecule has 0 spiro atoms. The van der Waals surface area contributed by atoms with E-state index in [2.05, 4.69) is 23.3 Å². The summed E-state index contributed by atoms with van der Waals surface area (Å²) in [6.07, 6.45) is -2.27. The number of nitrogens with two attached hydrogens (primary N) is 3. The van der Waals surface area contributed by atoms with Crippen molar-refractivity contribution in [3.05, 3.63) is 0 Å². The van der Waals surface area contributed by atoms with E-state index in [9.17, 15) is 33.6 Å². The molecule has 0 saturated carbocycles. The molecule has 15 nitrogen and oxygen atoms in total. The van der Waals surface area contributed by atoms with Gasteiger partial charge in [-0.1, -0.05) is 0 Å². The predicted molar refractivity (Wildman–Crippen MR) is 114 cm³/mol. The summed E-state index contributed by atoms with van der Waals surface area (Å²) in [5.74, 6) is -7.66.